The van der Waals surface area contributed by atoms with Crippen LogP contribution in [0.2, 0.25) is 0 Å². The van der Waals surface area contributed by atoms with Crippen molar-refractivity contribution in [2.45, 2.75) is 96.8 Å². The Labute approximate surface area is 182 Å². The van der Waals surface area contributed by atoms with Crippen molar-refractivity contribution in [2.75, 3.05) is 20.1 Å². The predicted octanol–water partition coefficient (Wildman–Crippen LogP) is 5.30. The van der Waals surface area contributed by atoms with Crippen molar-refractivity contribution in [2.24, 2.45) is 0 Å². The fourth-order valence-electron chi connectivity index (χ4n) is 4.05. The van der Waals surface area contributed by atoms with Crippen LogP contribution >= 0.6 is 0 Å². The Kier molecular flexibility index (Phi) is 17.7. The molecule has 0 aliphatic rings. The van der Waals surface area contributed by atoms with Gasteiger partial charge >= 0.3 is 0 Å². The third kappa shape index (κ3) is 12.6. The number of rotatable bonds is 18. The normalized spacial score (nSPS) is 12.9. The van der Waals surface area contributed by atoms with Gasteiger partial charge < -0.3 is 12.4 Å². The zero-order valence-electron chi connectivity index (χ0n) is 18.8. The van der Waals surface area contributed by atoms with Gasteiger partial charge in [-0.25, -0.2) is 0 Å². The first-order valence-corrected chi connectivity index (χ1v) is 11.7. The quantitative estimate of drug-likeness (QED) is 0.176. The van der Waals surface area contributed by atoms with Crippen LogP contribution in [-0.4, -0.2) is 20.1 Å². The van der Waals surface area contributed by atoms with Crippen LogP contribution in [0, 0.1) is 0 Å². The topological polar surface area (TPSA) is 0 Å². The third-order valence-electron chi connectivity index (χ3n) is 5.92. The molecule has 0 saturated heterocycles. The van der Waals surface area contributed by atoms with Gasteiger partial charge in [-0.1, -0.05) is 109 Å². The average Bonchev–Trinajstić information content (AvgIpc) is 2.69. The lowest BCUT2D eigenvalue weighted by molar-refractivity contribution is -0.00000593. The standard InChI is InChI=1S/C26H46N.ClH/c1-4-6-7-8-9-10-11-12-13-14-15-16-17-21-25-27(3,24-5-2)26-22-19-18-20-23-26;/h5,18-20,22-23H,2,4,6-17,21,24-25H2,1,3H3;1H/q+1;/p-1. The lowest BCUT2D eigenvalue weighted by Crippen LogP contribution is -3.00. The van der Waals surface area contributed by atoms with Crippen LogP contribution in [0.25, 0.3) is 0 Å². The molecule has 0 spiro atoms. The number of para-hydroxylation sites is 1. The first kappa shape index (κ1) is 27.2. The van der Waals surface area contributed by atoms with E-state index in [1.54, 1.807) is 0 Å². The second-order valence-electron chi connectivity index (χ2n) is 8.52. The fourth-order valence-corrected chi connectivity index (χ4v) is 4.05. The van der Waals surface area contributed by atoms with Crippen LogP contribution in [-0.2, 0) is 0 Å². The number of hydrogen-bond acceptors (Lipinski definition) is 0. The molecular weight excluding hydrogens is 362 g/mol. The van der Waals surface area contributed by atoms with E-state index in [-0.39, 0.29) is 12.4 Å². The molecule has 0 aliphatic carbocycles. The van der Waals surface area contributed by atoms with Gasteiger partial charge in [0, 0.05) is 0 Å². The summed E-state index contributed by atoms with van der Waals surface area (Å²) in [6, 6.07) is 10.9. The molecule has 0 radical (unpaired) electrons. The first-order valence-electron chi connectivity index (χ1n) is 11.7. The molecule has 0 heterocycles. The maximum atomic E-state index is 3.97. The number of unbranched alkanes of at least 4 members (excludes halogenated alkanes) is 13. The van der Waals surface area contributed by atoms with Crippen LogP contribution in [0.5, 0.6) is 0 Å². The number of hydrogen-bond donors (Lipinski definition) is 0. The summed E-state index contributed by atoms with van der Waals surface area (Å²) in [5, 5.41) is 0. The van der Waals surface area contributed by atoms with Gasteiger partial charge in [-0.15, -0.1) is 0 Å². The van der Waals surface area contributed by atoms with Crippen LogP contribution in [0.15, 0.2) is 43.0 Å². The minimum Gasteiger partial charge on any atom is -1.00 e. The van der Waals surface area contributed by atoms with Gasteiger partial charge in [-0.2, -0.15) is 0 Å². The Hall–Kier alpha value is -0.790. The van der Waals surface area contributed by atoms with E-state index in [1.165, 1.54) is 102 Å². The molecule has 1 atom stereocenters. The summed E-state index contributed by atoms with van der Waals surface area (Å²) in [7, 11) is 2.35. The Balaban J connectivity index is 0.00000729. The molecule has 1 rings (SSSR count). The average molecular weight is 408 g/mol. The smallest absolute Gasteiger partial charge is 0.132 e. The van der Waals surface area contributed by atoms with Gasteiger partial charge in [0.1, 0.15) is 12.2 Å². The van der Waals surface area contributed by atoms with Crippen molar-refractivity contribution in [1.82, 2.24) is 4.48 Å². The van der Waals surface area contributed by atoms with E-state index in [4.69, 9.17) is 0 Å². The number of likely N-dealkylation sites (N-methyl/N-ethyl adjacent to an activating group) is 1. The van der Waals surface area contributed by atoms with E-state index in [2.05, 4.69) is 57.0 Å². The van der Waals surface area contributed by atoms with Gasteiger partial charge in [0.25, 0.3) is 0 Å². The summed E-state index contributed by atoms with van der Waals surface area (Å²) < 4.78 is 0.989. The largest absolute Gasteiger partial charge is 1.00 e. The SMILES string of the molecule is C=CC[N+](C)(CCCCCCCCCCCCCCCC)c1ccccc1.[Cl-]. The second-order valence-corrected chi connectivity index (χ2v) is 8.52. The lowest BCUT2D eigenvalue weighted by Gasteiger charge is -2.33. The molecule has 0 aliphatic heterocycles. The van der Waals surface area contributed by atoms with Crippen LogP contribution in [0.3, 0.4) is 0 Å². The minimum absolute atomic E-state index is 0. The van der Waals surface area contributed by atoms with Gasteiger partial charge in [0.15, 0.2) is 0 Å². The maximum Gasteiger partial charge on any atom is 0.132 e. The Bertz CT molecular complexity index is 459. The summed E-state index contributed by atoms with van der Waals surface area (Å²) in [4.78, 5) is 0. The Morgan fingerprint density at radius 2 is 1.14 bits per heavy atom. The number of nitrogens with zero attached hydrogens (tertiary/aromatic N) is 1. The van der Waals surface area contributed by atoms with Gasteiger partial charge in [0.05, 0.1) is 13.6 Å². The van der Waals surface area contributed by atoms with Gasteiger partial charge in [-0.3, -0.25) is 4.48 Å². The van der Waals surface area contributed by atoms with Crippen molar-refractivity contribution in [3.63, 3.8) is 0 Å². The highest BCUT2D eigenvalue weighted by molar-refractivity contribution is 5.42. The molecule has 1 unspecified atom stereocenters. The molecule has 162 valence electrons. The number of benzene rings is 1. The van der Waals surface area contributed by atoms with Crippen molar-refractivity contribution >= 4 is 5.69 Å². The second kappa shape index (κ2) is 18.3. The highest BCUT2D eigenvalue weighted by atomic mass is 35.5. The summed E-state index contributed by atoms with van der Waals surface area (Å²) >= 11 is 0. The van der Waals surface area contributed by atoms with Gasteiger partial charge in [-0.05, 0) is 31.1 Å². The molecule has 1 aromatic carbocycles. The molecule has 0 aromatic heterocycles. The third-order valence-corrected chi connectivity index (χ3v) is 5.92. The van der Waals surface area contributed by atoms with E-state index in [9.17, 15) is 0 Å². The number of halogens is 1. The molecule has 0 N–H and O–H groups in total. The molecule has 2 heteroatoms. The molecule has 0 amide bonds. The predicted molar refractivity (Wildman–Crippen MR) is 124 cm³/mol. The summed E-state index contributed by atoms with van der Waals surface area (Å²) in [5.41, 5.74) is 1.41. The first-order chi connectivity index (χ1) is 13.2. The van der Waals surface area contributed by atoms with Gasteiger partial charge in [0.2, 0.25) is 0 Å². The van der Waals surface area contributed by atoms with Crippen LogP contribution in [0.4, 0.5) is 5.69 Å². The summed E-state index contributed by atoms with van der Waals surface area (Å²) in [6.45, 7) is 8.50. The summed E-state index contributed by atoms with van der Waals surface area (Å²) in [6.07, 6.45) is 22.0. The Morgan fingerprint density at radius 3 is 1.57 bits per heavy atom. The van der Waals surface area contributed by atoms with Crippen molar-refractivity contribution < 1.29 is 12.4 Å². The molecule has 1 nitrogen and oxygen atoms in total. The number of quaternary nitrogens is 1. The molecule has 0 bridgehead atoms. The summed E-state index contributed by atoms with van der Waals surface area (Å²) in [5.74, 6) is 0. The highest BCUT2D eigenvalue weighted by Gasteiger charge is 2.22. The Morgan fingerprint density at radius 1 is 0.714 bits per heavy atom. The highest BCUT2D eigenvalue weighted by Crippen LogP contribution is 2.22. The van der Waals surface area contributed by atoms with E-state index in [1.807, 2.05) is 0 Å². The van der Waals surface area contributed by atoms with Crippen LogP contribution in [0.1, 0.15) is 96.8 Å². The minimum atomic E-state index is 0. The molecular formula is C26H46ClN. The van der Waals surface area contributed by atoms with Crippen molar-refractivity contribution in [3.05, 3.63) is 43.0 Å². The van der Waals surface area contributed by atoms with E-state index < -0.39 is 0 Å². The monoisotopic (exact) mass is 407 g/mol. The van der Waals surface area contributed by atoms with E-state index in [0.717, 1.165) is 11.0 Å². The van der Waals surface area contributed by atoms with E-state index >= 15 is 0 Å². The van der Waals surface area contributed by atoms with Crippen molar-refractivity contribution in [3.8, 4) is 0 Å². The molecule has 0 saturated carbocycles. The maximum absolute atomic E-state index is 3.97. The molecule has 0 fully saturated rings. The fraction of sp³-hybridized carbons (Fsp3) is 0.692. The van der Waals surface area contributed by atoms with Crippen LogP contribution < -0.4 is 16.9 Å². The van der Waals surface area contributed by atoms with E-state index in [0.29, 0.717) is 0 Å². The molecule has 1 aromatic rings. The zero-order chi connectivity index (χ0) is 19.6. The van der Waals surface area contributed by atoms with Crippen molar-refractivity contribution in [1.29, 1.82) is 0 Å². The molecule has 28 heavy (non-hydrogen) atoms. The lowest BCUT2D eigenvalue weighted by atomic mass is 10.0. The zero-order valence-corrected chi connectivity index (χ0v) is 19.6.